The Balaban J connectivity index is 1.56. The molecule has 0 heterocycles. The van der Waals surface area contributed by atoms with Crippen LogP contribution in [0, 0.1) is 6.92 Å². The zero-order valence-corrected chi connectivity index (χ0v) is 17.6. The number of rotatable bonds is 8. The average Bonchev–Trinajstić information content (AvgIpc) is 2.74. The van der Waals surface area contributed by atoms with Gasteiger partial charge in [-0.25, -0.2) is 13.1 Å². The first kappa shape index (κ1) is 21.5. The SMILES string of the molecule is Cc1ccc(NC(=O)COc2ccc(S(=O)(=O)N[C@H](C)c3ccccc3)cc2)cc1. The van der Waals surface area contributed by atoms with Crippen LogP contribution in [0.3, 0.4) is 0 Å². The number of benzene rings is 3. The van der Waals surface area contributed by atoms with E-state index >= 15 is 0 Å². The lowest BCUT2D eigenvalue weighted by atomic mass is 10.1. The minimum Gasteiger partial charge on any atom is -0.484 e. The molecule has 1 amide bonds. The standard InChI is InChI=1S/C23H24N2O4S/c1-17-8-10-20(11-9-17)24-23(26)16-29-21-12-14-22(15-13-21)30(27,28)25-18(2)19-6-4-3-5-7-19/h3-15,18,25H,16H2,1-2H3,(H,24,26)/t18-/m1/s1. The summed E-state index contributed by atoms with van der Waals surface area (Å²) in [5, 5.41) is 2.74. The van der Waals surface area contributed by atoms with Gasteiger partial charge in [-0.05, 0) is 55.8 Å². The summed E-state index contributed by atoms with van der Waals surface area (Å²) in [4.78, 5) is 12.1. The molecule has 0 aromatic heterocycles. The highest BCUT2D eigenvalue weighted by atomic mass is 32.2. The number of hydrogen-bond donors (Lipinski definition) is 2. The average molecular weight is 425 g/mol. The Hall–Kier alpha value is -3.16. The fourth-order valence-corrected chi connectivity index (χ4v) is 4.04. The minimum atomic E-state index is -3.68. The summed E-state index contributed by atoms with van der Waals surface area (Å²) >= 11 is 0. The maximum atomic E-state index is 12.6. The van der Waals surface area contributed by atoms with Gasteiger partial charge in [0.25, 0.3) is 5.91 Å². The highest BCUT2D eigenvalue weighted by molar-refractivity contribution is 7.89. The summed E-state index contributed by atoms with van der Waals surface area (Å²) in [5.74, 6) is 0.109. The van der Waals surface area contributed by atoms with Crippen molar-refractivity contribution in [2.45, 2.75) is 24.8 Å². The smallest absolute Gasteiger partial charge is 0.262 e. The summed E-state index contributed by atoms with van der Waals surface area (Å²) < 4.78 is 33.3. The lowest BCUT2D eigenvalue weighted by Crippen LogP contribution is -2.26. The molecule has 0 spiro atoms. The third kappa shape index (κ3) is 5.92. The maximum Gasteiger partial charge on any atom is 0.262 e. The van der Waals surface area contributed by atoms with Crippen molar-refractivity contribution in [2.75, 3.05) is 11.9 Å². The van der Waals surface area contributed by atoms with Gasteiger partial charge in [-0.2, -0.15) is 0 Å². The Labute approximate surface area is 177 Å². The second kappa shape index (κ2) is 9.56. The predicted molar refractivity (Wildman–Crippen MR) is 117 cm³/mol. The van der Waals surface area contributed by atoms with E-state index < -0.39 is 10.0 Å². The molecule has 7 heteroatoms. The zero-order chi connectivity index (χ0) is 21.6. The van der Waals surface area contributed by atoms with Crippen molar-refractivity contribution < 1.29 is 17.9 Å². The zero-order valence-electron chi connectivity index (χ0n) is 16.8. The van der Waals surface area contributed by atoms with Crippen LogP contribution >= 0.6 is 0 Å². The highest BCUT2D eigenvalue weighted by Gasteiger charge is 2.18. The van der Waals surface area contributed by atoms with Gasteiger partial charge in [-0.15, -0.1) is 0 Å². The summed E-state index contributed by atoms with van der Waals surface area (Å²) in [5.41, 5.74) is 2.67. The Morgan fingerprint density at radius 3 is 2.20 bits per heavy atom. The number of amides is 1. The van der Waals surface area contributed by atoms with Crippen LogP contribution in [0.5, 0.6) is 5.75 Å². The van der Waals surface area contributed by atoms with Crippen LogP contribution in [-0.2, 0) is 14.8 Å². The van der Waals surface area contributed by atoms with Gasteiger partial charge in [-0.1, -0.05) is 48.0 Å². The molecular formula is C23H24N2O4S. The van der Waals surface area contributed by atoms with Crippen LogP contribution < -0.4 is 14.8 Å². The van der Waals surface area contributed by atoms with Crippen molar-refractivity contribution in [1.82, 2.24) is 4.72 Å². The molecule has 0 aliphatic heterocycles. The van der Waals surface area contributed by atoms with Gasteiger partial charge in [0, 0.05) is 11.7 Å². The fourth-order valence-electron chi connectivity index (χ4n) is 2.81. The second-order valence-electron chi connectivity index (χ2n) is 6.93. The van der Waals surface area contributed by atoms with Crippen LogP contribution in [0.4, 0.5) is 5.69 Å². The third-order valence-electron chi connectivity index (χ3n) is 4.47. The molecule has 3 aromatic carbocycles. The van der Waals surface area contributed by atoms with Crippen LogP contribution in [0.2, 0.25) is 0 Å². The topological polar surface area (TPSA) is 84.5 Å². The molecule has 156 valence electrons. The predicted octanol–water partition coefficient (Wildman–Crippen LogP) is 4.05. The molecule has 0 radical (unpaired) electrons. The molecule has 0 aliphatic rings. The van der Waals surface area contributed by atoms with Crippen LogP contribution in [0.25, 0.3) is 0 Å². The minimum absolute atomic E-state index is 0.127. The molecular weight excluding hydrogens is 400 g/mol. The van der Waals surface area contributed by atoms with Gasteiger partial charge in [0.1, 0.15) is 5.75 Å². The Kier molecular flexibility index (Phi) is 6.87. The number of nitrogens with one attached hydrogen (secondary N) is 2. The first-order valence-corrected chi connectivity index (χ1v) is 11.0. The van der Waals surface area contributed by atoms with Gasteiger partial charge >= 0.3 is 0 Å². The number of aryl methyl sites for hydroxylation is 1. The summed E-state index contributed by atoms with van der Waals surface area (Å²) in [6.07, 6.45) is 0. The monoisotopic (exact) mass is 424 g/mol. The first-order valence-electron chi connectivity index (χ1n) is 9.50. The molecule has 0 fully saturated rings. The van der Waals surface area contributed by atoms with Gasteiger partial charge < -0.3 is 10.1 Å². The van der Waals surface area contributed by atoms with E-state index in [2.05, 4.69) is 10.0 Å². The number of sulfonamides is 1. The number of carbonyl (C=O) groups excluding carboxylic acids is 1. The number of ether oxygens (including phenoxy) is 1. The van der Waals surface area contributed by atoms with E-state index in [1.165, 1.54) is 24.3 Å². The first-order chi connectivity index (χ1) is 14.3. The summed E-state index contributed by atoms with van der Waals surface area (Å²) in [6.45, 7) is 3.58. The van der Waals surface area contributed by atoms with Crippen molar-refractivity contribution in [3.8, 4) is 5.75 Å². The number of anilines is 1. The van der Waals surface area contributed by atoms with E-state index in [4.69, 9.17) is 4.74 Å². The Bertz CT molecular complexity index is 1080. The van der Waals surface area contributed by atoms with Crippen LogP contribution in [0.15, 0.2) is 83.8 Å². The largest absolute Gasteiger partial charge is 0.484 e. The number of hydrogen-bond acceptors (Lipinski definition) is 4. The molecule has 6 nitrogen and oxygen atoms in total. The van der Waals surface area contributed by atoms with Crippen molar-refractivity contribution in [3.05, 3.63) is 90.0 Å². The van der Waals surface area contributed by atoms with Crippen molar-refractivity contribution in [2.24, 2.45) is 0 Å². The molecule has 0 saturated carbocycles. The molecule has 0 bridgehead atoms. The lowest BCUT2D eigenvalue weighted by molar-refractivity contribution is -0.118. The quantitative estimate of drug-likeness (QED) is 0.571. The summed E-state index contributed by atoms with van der Waals surface area (Å²) in [6, 6.07) is 22.4. The molecule has 30 heavy (non-hydrogen) atoms. The Morgan fingerprint density at radius 2 is 1.57 bits per heavy atom. The summed E-state index contributed by atoms with van der Waals surface area (Å²) in [7, 11) is -3.68. The van der Waals surface area contributed by atoms with E-state index in [-0.39, 0.29) is 23.5 Å². The second-order valence-corrected chi connectivity index (χ2v) is 8.64. The molecule has 2 N–H and O–H groups in total. The van der Waals surface area contributed by atoms with Crippen molar-refractivity contribution >= 4 is 21.6 Å². The van der Waals surface area contributed by atoms with E-state index in [0.29, 0.717) is 11.4 Å². The Morgan fingerprint density at radius 1 is 0.933 bits per heavy atom. The molecule has 0 aliphatic carbocycles. The number of carbonyl (C=O) groups is 1. The van der Waals surface area contributed by atoms with E-state index in [1.807, 2.05) is 61.5 Å². The van der Waals surface area contributed by atoms with Gasteiger partial charge in [-0.3, -0.25) is 4.79 Å². The van der Waals surface area contributed by atoms with Gasteiger partial charge in [0.05, 0.1) is 4.90 Å². The maximum absolute atomic E-state index is 12.6. The lowest BCUT2D eigenvalue weighted by Gasteiger charge is -2.15. The van der Waals surface area contributed by atoms with Crippen LogP contribution in [0.1, 0.15) is 24.1 Å². The highest BCUT2D eigenvalue weighted by Crippen LogP contribution is 2.19. The van der Waals surface area contributed by atoms with Crippen molar-refractivity contribution in [1.29, 1.82) is 0 Å². The molecule has 3 rings (SSSR count). The molecule has 1 atom stereocenters. The molecule has 3 aromatic rings. The van der Waals surface area contributed by atoms with Crippen molar-refractivity contribution in [3.63, 3.8) is 0 Å². The molecule has 0 unspecified atom stereocenters. The normalized spacial score (nSPS) is 12.2. The van der Waals surface area contributed by atoms with Gasteiger partial charge in [0.15, 0.2) is 6.61 Å². The van der Waals surface area contributed by atoms with E-state index in [9.17, 15) is 13.2 Å². The van der Waals surface area contributed by atoms with E-state index in [1.54, 1.807) is 6.92 Å². The van der Waals surface area contributed by atoms with E-state index in [0.717, 1.165) is 11.1 Å². The third-order valence-corrected chi connectivity index (χ3v) is 6.03. The molecule has 0 saturated heterocycles. The fraction of sp³-hybridized carbons (Fsp3) is 0.174. The van der Waals surface area contributed by atoms with Crippen LogP contribution in [-0.4, -0.2) is 20.9 Å². The van der Waals surface area contributed by atoms with Gasteiger partial charge in [0.2, 0.25) is 10.0 Å².